The minimum absolute atomic E-state index is 0.0932. The number of carbonyl (C=O) groups excluding carboxylic acids is 1. The summed E-state index contributed by atoms with van der Waals surface area (Å²) in [5.41, 5.74) is 4.45. The van der Waals surface area contributed by atoms with E-state index in [0.717, 1.165) is 23.8 Å². The summed E-state index contributed by atoms with van der Waals surface area (Å²) in [6.45, 7) is 2.26. The highest BCUT2D eigenvalue weighted by Gasteiger charge is 2.12. The Kier molecular flexibility index (Phi) is 6.66. The number of halogens is 1. The Balaban J connectivity index is 2.68. The number of nitrogens with two attached hydrogens (primary N) is 1. The SMILES string of the molecule is CCCCC(CN)NC(=O)Cn1cc(Br)c(=O)[nH]c1=O. The number of nitrogens with one attached hydrogen (secondary N) is 2. The van der Waals surface area contributed by atoms with Crippen molar-refractivity contribution in [1.82, 2.24) is 14.9 Å². The third kappa shape index (κ3) is 4.93. The highest BCUT2D eigenvalue weighted by atomic mass is 79.9. The Hall–Kier alpha value is -1.41. The maximum absolute atomic E-state index is 11.9. The van der Waals surface area contributed by atoms with Gasteiger partial charge in [-0.25, -0.2) is 4.79 Å². The molecule has 0 saturated heterocycles. The van der Waals surface area contributed by atoms with Gasteiger partial charge in [0.2, 0.25) is 5.91 Å². The molecule has 0 aliphatic heterocycles. The Labute approximate surface area is 124 Å². The first-order valence-electron chi connectivity index (χ1n) is 6.46. The first-order chi connectivity index (χ1) is 9.47. The number of hydrogen-bond acceptors (Lipinski definition) is 4. The van der Waals surface area contributed by atoms with Crippen molar-refractivity contribution in [3.05, 3.63) is 31.5 Å². The molecule has 4 N–H and O–H groups in total. The van der Waals surface area contributed by atoms with Gasteiger partial charge in [0.05, 0.1) is 4.47 Å². The van der Waals surface area contributed by atoms with Gasteiger partial charge in [0, 0.05) is 18.8 Å². The molecule has 0 aliphatic carbocycles. The van der Waals surface area contributed by atoms with Gasteiger partial charge in [-0.1, -0.05) is 19.8 Å². The maximum atomic E-state index is 11.9. The first kappa shape index (κ1) is 16.6. The summed E-state index contributed by atoms with van der Waals surface area (Å²) in [6.07, 6.45) is 4.11. The predicted molar refractivity (Wildman–Crippen MR) is 79.5 cm³/mol. The summed E-state index contributed by atoms with van der Waals surface area (Å²) in [5.74, 6) is -0.308. The van der Waals surface area contributed by atoms with Gasteiger partial charge in [0.25, 0.3) is 5.56 Å². The van der Waals surface area contributed by atoms with E-state index in [0.29, 0.717) is 6.54 Å². The Bertz CT molecular complexity index is 567. The quantitative estimate of drug-likeness (QED) is 0.641. The molecule has 0 bridgehead atoms. The van der Waals surface area contributed by atoms with Gasteiger partial charge in [-0.05, 0) is 22.4 Å². The number of amides is 1. The standard InChI is InChI=1S/C12H19BrN4O3/c1-2-3-4-8(5-14)15-10(18)7-17-6-9(13)11(19)16-12(17)20/h6,8H,2-5,7,14H2,1H3,(H,15,18)(H,16,19,20). The summed E-state index contributed by atoms with van der Waals surface area (Å²) in [4.78, 5) is 36.7. The van der Waals surface area contributed by atoms with Gasteiger partial charge in [0.1, 0.15) is 6.54 Å². The van der Waals surface area contributed by atoms with Crippen LogP contribution in [0.3, 0.4) is 0 Å². The van der Waals surface area contributed by atoms with Crippen LogP contribution in [0.25, 0.3) is 0 Å². The van der Waals surface area contributed by atoms with Crippen LogP contribution in [-0.4, -0.2) is 28.0 Å². The second-order valence-electron chi connectivity index (χ2n) is 4.51. The van der Waals surface area contributed by atoms with Gasteiger partial charge < -0.3 is 11.1 Å². The molecule has 20 heavy (non-hydrogen) atoms. The van der Waals surface area contributed by atoms with Crippen LogP contribution >= 0.6 is 15.9 Å². The highest BCUT2D eigenvalue weighted by molar-refractivity contribution is 9.10. The Morgan fingerprint density at radius 2 is 2.25 bits per heavy atom. The number of carbonyl (C=O) groups is 1. The van der Waals surface area contributed by atoms with Crippen molar-refractivity contribution < 1.29 is 4.79 Å². The average Bonchev–Trinajstić information content (AvgIpc) is 2.40. The van der Waals surface area contributed by atoms with Gasteiger partial charge in [-0.3, -0.25) is 19.1 Å². The van der Waals surface area contributed by atoms with Crippen molar-refractivity contribution in [2.75, 3.05) is 6.54 Å². The van der Waals surface area contributed by atoms with Crippen LogP contribution in [0.5, 0.6) is 0 Å². The van der Waals surface area contributed by atoms with Crippen molar-refractivity contribution >= 4 is 21.8 Å². The second-order valence-corrected chi connectivity index (χ2v) is 5.36. The van der Waals surface area contributed by atoms with Crippen LogP contribution in [0.1, 0.15) is 26.2 Å². The van der Waals surface area contributed by atoms with Crippen LogP contribution in [0, 0.1) is 0 Å². The molecular weight excluding hydrogens is 328 g/mol. The molecule has 1 heterocycles. The van der Waals surface area contributed by atoms with E-state index in [9.17, 15) is 14.4 Å². The number of aromatic nitrogens is 2. The van der Waals surface area contributed by atoms with E-state index < -0.39 is 11.2 Å². The smallest absolute Gasteiger partial charge is 0.328 e. The molecule has 1 aromatic heterocycles. The molecule has 7 nitrogen and oxygen atoms in total. The number of aromatic amines is 1. The monoisotopic (exact) mass is 346 g/mol. The third-order valence-electron chi connectivity index (χ3n) is 2.84. The molecule has 1 unspecified atom stereocenters. The van der Waals surface area contributed by atoms with Crippen LogP contribution in [-0.2, 0) is 11.3 Å². The first-order valence-corrected chi connectivity index (χ1v) is 7.26. The molecule has 0 fully saturated rings. The topological polar surface area (TPSA) is 110 Å². The van der Waals surface area contributed by atoms with E-state index >= 15 is 0 Å². The Morgan fingerprint density at radius 1 is 1.55 bits per heavy atom. The molecule has 0 spiro atoms. The molecule has 112 valence electrons. The highest BCUT2D eigenvalue weighted by Crippen LogP contribution is 2.00. The van der Waals surface area contributed by atoms with Crippen molar-refractivity contribution in [1.29, 1.82) is 0 Å². The van der Waals surface area contributed by atoms with E-state index in [-0.39, 0.29) is 23.0 Å². The predicted octanol–water partition coefficient (Wildman–Crippen LogP) is -0.0672. The van der Waals surface area contributed by atoms with E-state index in [1.54, 1.807) is 0 Å². The number of nitrogens with zero attached hydrogens (tertiary/aromatic N) is 1. The van der Waals surface area contributed by atoms with Crippen molar-refractivity contribution in [3.8, 4) is 0 Å². The van der Waals surface area contributed by atoms with E-state index in [2.05, 4.69) is 33.2 Å². The lowest BCUT2D eigenvalue weighted by Crippen LogP contribution is -2.43. The molecule has 1 rings (SSSR count). The molecule has 1 aromatic rings. The summed E-state index contributed by atoms with van der Waals surface area (Å²) in [7, 11) is 0. The van der Waals surface area contributed by atoms with Crippen molar-refractivity contribution in [2.24, 2.45) is 5.73 Å². The lowest BCUT2D eigenvalue weighted by Gasteiger charge is -2.16. The van der Waals surface area contributed by atoms with Crippen molar-refractivity contribution in [2.45, 2.75) is 38.8 Å². The molecule has 0 aliphatic rings. The van der Waals surface area contributed by atoms with E-state index in [1.807, 2.05) is 0 Å². The minimum atomic E-state index is -0.619. The summed E-state index contributed by atoms with van der Waals surface area (Å²) < 4.78 is 1.33. The lowest BCUT2D eigenvalue weighted by atomic mass is 10.1. The largest absolute Gasteiger partial charge is 0.351 e. The van der Waals surface area contributed by atoms with Crippen LogP contribution < -0.4 is 22.3 Å². The van der Waals surface area contributed by atoms with Crippen LogP contribution in [0.4, 0.5) is 0 Å². The molecule has 8 heteroatoms. The zero-order valence-electron chi connectivity index (χ0n) is 11.3. The van der Waals surface area contributed by atoms with Gasteiger partial charge >= 0.3 is 5.69 Å². The van der Waals surface area contributed by atoms with Gasteiger partial charge in [0.15, 0.2) is 0 Å². The summed E-state index contributed by atoms with van der Waals surface area (Å²) in [6, 6.07) is -0.0932. The fourth-order valence-corrected chi connectivity index (χ4v) is 2.07. The lowest BCUT2D eigenvalue weighted by molar-refractivity contribution is -0.122. The number of rotatable bonds is 7. The fraction of sp³-hybridized carbons (Fsp3) is 0.583. The van der Waals surface area contributed by atoms with E-state index in [4.69, 9.17) is 5.73 Å². The van der Waals surface area contributed by atoms with Crippen molar-refractivity contribution in [3.63, 3.8) is 0 Å². The maximum Gasteiger partial charge on any atom is 0.328 e. The molecule has 1 atom stereocenters. The third-order valence-corrected chi connectivity index (χ3v) is 3.40. The number of H-pyrrole nitrogens is 1. The zero-order valence-corrected chi connectivity index (χ0v) is 12.9. The molecule has 0 saturated carbocycles. The molecular formula is C12H19BrN4O3. The molecule has 0 aromatic carbocycles. The van der Waals surface area contributed by atoms with Gasteiger partial charge in [-0.2, -0.15) is 0 Å². The average molecular weight is 347 g/mol. The Morgan fingerprint density at radius 3 is 2.85 bits per heavy atom. The van der Waals surface area contributed by atoms with Gasteiger partial charge in [-0.15, -0.1) is 0 Å². The normalized spacial score (nSPS) is 12.2. The second kappa shape index (κ2) is 8.01. The van der Waals surface area contributed by atoms with E-state index in [1.165, 1.54) is 6.20 Å². The molecule has 0 radical (unpaired) electrons. The number of unbranched alkanes of at least 4 members (excludes halogenated alkanes) is 1. The summed E-state index contributed by atoms with van der Waals surface area (Å²) in [5, 5.41) is 2.78. The summed E-state index contributed by atoms with van der Waals surface area (Å²) >= 11 is 3.01. The molecule has 1 amide bonds. The minimum Gasteiger partial charge on any atom is -0.351 e. The fourth-order valence-electron chi connectivity index (χ4n) is 1.73. The van der Waals surface area contributed by atoms with Crippen LogP contribution in [0.2, 0.25) is 0 Å². The van der Waals surface area contributed by atoms with Crippen LogP contribution in [0.15, 0.2) is 20.3 Å². The number of hydrogen-bond donors (Lipinski definition) is 3. The zero-order chi connectivity index (χ0) is 15.1.